The number of para-hydroxylation sites is 1. The van der Waals surface area contributed by atoms with Crippen LogP contribution in [-0.4, -0.2) is 10.7 Å². The van der Waals surface area contributed by atoms with Gasteiger partial charge in [0.25, 0.3) is 0 Å². The fourth-order valence-corrected chi connectivity index (χ4v) is 4.03. The summed E-state index contributed by atoms with van der Waals surface area (Å²) in [5, 5.41) is 8.03. The van der Waals surface area contributed by atoms with Gasteiger partial charge in [-0.2, -0.15) is 5.10 Å². The van der Waals surface area contributed by atoms with Gasteiger partial charge in [0.1, 0.15) is 5.75 Å². The van der Waals surface area contributed by atoms with Crippen molar-refractivity contribution in [1.82, 2.24) is 5.01 Å². The third-order valence-electron chi connectivity index (χ3n) is 5.03. The lowest BCUT2D eigenvalue weighted by atomic mass is 9.96. The molecule has 2 aliphatic rings. The number of benzene rings is 3. The third-order valence-corrected chi connectivity index (χ3v) is 5.77. The molecule has 3 aromatic rings. The highest BCUT2D eigenvalue weighted by molar-refractivity contribution is 6.42. The minimum atomic E-state index is -0.346. The zero-order valence-corrected chi connectivity index (χ0v) is 15.9. The Bertz CT molecular complexity index is 1040. The molecule has 0 aromatic heterocycles. The van der Waals surface area contributed by atoms with Crippen LogP contribution in [0, 0.1) is 0 Å². The minimum Gasteiger partial charge on any atom is -0.464 e. The largest absolute Gasteiger partial charge is 0.464 e. The first-order valence-electron chi connectivity index (χ1n) is 8.82. The Hall–Kier alpha value is -2.49. The number of halogens is 2. The zero-order valence-electron chi connectivity index (χ0n) is 14.3. The predicted molar refractivity (Wildman–Crippen MR) is 108 cm³/mol. The SMILES string of the molecule is Clc1ccc([C@H]2Oc3ccccc3[C@H]3CC(c4ccccc4)=NN32)cc1Cl. The number of fused-ring (bicyclic) bond motifs is 3. The first kappa shape index (κ1) is 16.7. The first-order chi connectivity index (χ1) is 13.2. The quantitative estimate of drug-likeness (QED) is 0.513. The molecule has 0 amide bonds. The number of ether oxygens (including phenoxy) is 1. The molecule has 5 rings (SSSR count). The van der Waals surface area contributed by atoms with Crippen LogP contribution in [0.4, 0.5) is 0 Å². The number of hydrazone groups is 1. The lowest BCUT2D eigenvalue weighted by molar-refractivity contribution is -0.0190. The van der Waals surface area contributed by atoms with Gasteiger partial charge in [-0.05, 0) is 23.8 Å². The van der Waals surface area contributed by atoms with Crippen LogP contribution in [0.25, 0.3) is 0 Å². The molecule has 0 spiro atoms. The maximum absolute atomic E-state index is 6.33. The molecule has 5 heteroatoms. The van der Waals surface area contributed by atoms with Gasteiger partial charge in [-0.25, -0.2) is 5.01 Å². The van der Waals surface area contributed by atoms with Gasteiger partial charge in [0.15, 0.2) is 0 Å². The summed E-state index contributed by atoms with van der Waals surface area (Å²) in [7, 11) is 0. The van der Waals surface area contributed by atoms with Gasteiger partial charge in [-0.15, -0.1) is 0 Å². The Balaban J connectivity index is 1.61. The van der Waals surface area contributed by atoms with E-state index < -0.39 is 0 Å². The molecule has 2 atom stereocenters. The molecular weight excluding hydrogens is 379 g/mol. The van der Waals surface area contributed by atoms with Crippen molar-refractivity contribution < 1.29 is 4.74 Å². The van der Waals surface area contributed by atoms with Crippen molar-refractivity contribution in [1.29, 1.82) is 0 Å². The van der Waals surface area contributed by atoms with Gasteiger partial charge in [0.05, 0.1) is 21.8 Å². The van der Waals surface area contributed by atoms with Crippen molar-refractivity contribution in [2.24, 2.45) is 5.10 Å². The van der Waals surface area contributed by atoms with Crippen molar-refractivity contribution in [2.45, 2.75) is 18.7 Å². The summed E-state index contributed by atoms with van der Waals surface area (Å²) in [6.07, 6.45) is 0.489. The Morgan fingerprint density at radius 3 is 2.48 bits per heavy atom. The molecule has 3 aromatic carbocycles. The molecule has 0 saturated heterocycles. The maximum atomic E-state index is 6.33. The highest BCUT2D eigenvalue weighted by Crippen LogP contribution is 2.47. The molecule has 27 heavy (non-hydrogen) atoms. The van der Waals surface area contributed by atoms with Crippen molar-refractivity contribution in [3.63, 3.8) is 0 Å². The highest BCUT2D eigenvalue weighted by atomic mass is 35.5. The standard InChI is InChI=1S/C22H16Cl2N2O/c23-17-11-10-15(12-18(17)24)22-26-20(16-8-4-5-9-21(16)27-22)13-19(25-26)14-6-2-1-3-7-14/h1-12,20,22H,13H2/t20-,22-/m1/s1. The van der Waals surface area contributed by atoms with E-state index in [0.29, 0.717) is 10.0 Å². The van der Waals surface area contributed by atoms with Gasteiger partial charge in [-0.1, -0.05) is 77.8 Å². The molecule has 0 saturated carbocycles. The molecule has 0 N–H and O–H groups in total. The topological polar surface area (TPSA) is 24.8 Å². The molecule has 0 unspecified atom stereocenters. The van der Waals surface area contributed by atoms with Gasteiger partial charge >= 0.3 is 0 Å². The van der Waals surface area contributed by atoms with Crippen LogP contribution in [0.5, 0.6) is 5.75 Å². The Kier molecular flexibility index (Phi) is 4.07. The van der Waals surface area contributed by atoms with E-state index in [0.717, 1.165) is 34.6 Å². The van der Waals surface area contributed by atoms with E-state index in [-0.39, 0.29) is 12.3 Å². The molecule has 2 heterocycles. The summed E-state index contributed by atoms with van der Waals surface area (Å²) in [4.78, 5) is 0. The van der Waals surface area contributed by atoms with E-state index in [1.165, 1.54) is 0 Å². The second-order valence-electron chi connectivity index (χ2n) is 6.69. The third kappa shape index (κ3) is 2.88. The van der Waals surface area contributed by atoms with E-state index in [1.807, 2.05) is 53.5 Å². The molecule has 134 valence electrons. The molecule has 3 nitrogen and oxygen atoms in total. The molecule has 0 bridgehead atoms. The fraction of sp³-hybridized carbons (Fsp3) is 0.136. The maximum Gasteiger partial charge on any atom is 0.213 e. The van der Waals surface area contributed by atoms with Crippen LogP contribution in [0.15, 0.2) is 77.9 Å². The molecule has 2 aliphatic heterocycles. The average Bonchev–Trinajstić information content (AvgIpc) is 3.16. The van der Waals surface area contributed by atoms with Crippen LogP contribution < -0.4 is 4.74 Å². The van der Waals surface area contributed by atoms with Gasteiger partial charge < -0.3 is 4.74 Å². The lowest BCUT2D eigenvalue weighted by Crippen LogP contribution is -2.33. The number of nitrogens with zero attached hydrogens (tertiary/aromatic N) is 2. The summed E-state index contributed by atoms with van der Waals surface area (Å²) in [6.45, 7) is 0. The second-order valence-corrected chi connectivity index (χ2v) is 7.51. The van der Waals surface area contributed by atoms with Gasteiger partial charge in [-0.3, -0.25) is 0 Å². The van der Waals surface area contributed by atoms with E-state index in [9.17, 15) is 0 Å². The van der Waals surface area contributed by atoms with Gasteiger partial charge in [0.2, 0.25) is 6.23 Å². The van der Waals surface area contributed by atoms with Crippen LogP contribution in [0.3, 0.4) is 0 Å². The minimum absolute atomic E-state index is 0.129. The van der Waals surface area contributed by atoms with E-state index in [1.54, 1.807) is 6.07 Å². The van der Waals surface area contributed by atoms with Crippen LogP contribution >= 0.6 is 23.2 Å². The summed E-state index contributed by atoms with van der Waals surface area (Å²) < 4.78 is 6.33. The zero-order chi connectivity index (χ0) is 18.4. The summed E-state index contributed by atoms with van der Waals surface area (Å²) >= 11 is 12.4. The number of hydrogen-bond acceptors (Lipinski definition) is 3. The van der Waals surface area contributed by atoms with Crippen molar-refractivity contribution >= 4 is 28.9 Å². The molecular formula is C22H16Cl2N2O. The summed E-state index contributed by atoms with van der Waals surface area (Å²) in [5.41, 5.74) is 4.29. The summed E-state index contributed by atoms with van der Waals surface area (Å²) in [5.74, 6) is 0.888. The number of hydrogen-bond donors (Lipinski definition) is 0. The van der Waals surface area contributed by atoms with E-state index in [2.05, 4.69) is 18.2 Å². The second kappa shape index (κ2) is 6.59. The van der Waals surface area contributed by atoms with Crippen LogP contribution in [0.2, 0.25) is 10.0 Å². The highest BCUT2D eigenvalue weighted by Gasteiger charge is 2.40. The van der Waals surface area contributed by atoms with E-state index in [4.69, 9.17) is 33.0 Å². The predicted octanol–water partition coefficient (Wildman–Crippen LogP) is 6.24. The van der Waals surface area contributed by atoms with Crippen LogP contribution in [0.1, 0.15) is 35.4 Å². The van der Waals surface area contributed by atoms with Crippen LogP contribution in [-0.2, 0) is 0 Å². The molecule has 0 fully saturated rings. The average molecular weight is 395 g/mol. The molecule has 0 radical (unpaired) electrons. The monoisotopic (exact) mass is 394 g/mol. The van der Waals surface area contributed by atoms with E-state index >= 15 is 0 Å². The Morgan fingerprint density at radius 2 is 1.67 bits per heavy atom. The van der Waals surface area contributed by atoms with Crippen molar-refractivity contribution in [3.8, 4) is 5.75 Å². The lowest BCUT2D eigenvalue weighted by Gasteiger charge is -2.38. The van der Waals surface area contributed by atoms with Crippen molar-refractivity contribution in [2.75, 3.05) is 0 Å². The van der Waals surface area contributed by atoms with Crippen molar-refractivity contribution in [3.05, 3.63) is 99.5 Å². The fourth-order valence-electron chi connectivity index (χ4n) is 3.73. The Morgan fingerprint density at radius 1 is 0.889 bits per heavy atom. The smallest absolute Gasteiger partial charge is 0.213 e. The normalized spacial score (nSPS) is 20.5. The molecule has 0 aliphatic carbocycles. The number of rotatable bonds is 2. The summed E-state index contributed by atoms with van der Waals surface area (Å²) in [6, 6.07) is 24.2. The van der Waals surface area contributed by atoms with Gasteiger partial charge in [0, 0.05) is 17.5 Å². The first-order valence-corrected chi connectivity index (χ1v) is 9.58. The Labute approximate surface area is 167 Å².